The van der Waals surface area contributed by atoms with Gasteiger partial charge in [-0.2, -0.15) is 0 Å². The molecule has 58 valence electrons. The Hall–Kier alpha value is -0.433. The summed E-state index contributed by atoms with van der Waals surface area (Å²) >= 11 is 0. The molecular formula is C6H9F3Si. The molecule has 0 radical (unpaired) electrons. The Kier molecular flexibility index (Phi) is 2.55. The van der Waals surface area contributed by atoms with E-state index in [0.29, 0.717) is 0 Å². The van der Waals surface area contributed by atoms with Crippen molar-refractivity contribution >= 4 is 9.08 Å². The second-order valence-electron chi connectivity index (χ2n) is 3.00. The van der Waals surface area contributed by atoms with E-state index in [2.05, 4.69) is 5.92 Å². The molecule has 0 aliphatic rings. The third kappa shape index (κ3) is 7.57. The van der Waals surface area contributed by atoms with Crippen LogP contribution in [-0.2, 0) is 0 Å². The number of halogens is 3. The van der Waals surface area contributed by atoms with Gasteiger partial charge in [0.25, 0.3) is 0 Å². The molecule has 10 heavy (non-hydrogen) atoms. The van der Waals surface area contributed by atoms with Crippen molar-refractivity contribution < 1.29 is 12.3 Å². The summed E-state index contributed by atoms with van der Waals surface area (Å²) in [5, 5.41) is 0. The van der Waals surface area contributed by atoms with Crippen molar-refractivity contribution in [2.24, 2.45) is 5.41 Å². The minimum atomic E-state index is -5.63. The molecular weight excluding hydrogens is 157 g/mol. The maximum Gasteiger partial charge on any atom is 0.709 e. The first-order chi connectivity index (χ1) is 4.21. The molecule has 0 N–H and O–H groups in total. The van der Waals surface area contributed by atoms with E-state index in [1.807, 2.05) is 0 Å². The Morgan fingerprint density at radius 2 is 1.50 bits per heavy atom. The third-order valence-corrected chi connectivity index (χ3v) is 0.988. The zero-order chi connectivity index (χ0) is 8.41. The summed E-state index contributed by atoms with van der Waals surface area (Å²) in [5.41, 5.74) is 0.812. The molecule has 0 saturated carbocycles. The van der Waals surface area contributed by atoms with Crippen LogP contribution in [0.3, 0.4) is 0 Å². The summed E-state index contributed by atoms with van der Waals surface area (Å²) in [6.07, 6.45) is 0. The van der Waals surface area contributed by atoms with Crippen LogP contribution >= 0.6 is 0 Å². The summed E-state index contributed by atoms with van der Waals surface area (Å²) in [5.74, 6) is 2.15. The van der Waals surface area contributed by atoms with Gasteiger partial charge in [-0.25, -0.2) is 12.3 Å². The van der Waals surface area contributed by atoms with Gasteiger partial charge in [0, 0.05) is 5.41 Å². The number of hydrogen-bond donors (Lipinski definition) is 0. The molecule has 0 unspecified atom stereocenters. The van der Waals surface area contributed by atoms with Crippen LogP contribution in [0.2, 0.25) is 0 Å². The maximum atomic E-state index is 11.6. The average Bonchev–Trinajstić information content (AvgIpc) is 1.57. The highest BCUT2D eigenvalue weighted by Crippen LogP contribution is 2.12. The minimum absolute atomic E-state index is 0.539. The smallest absolute Gasteiger partial charge is 0.228 e. The Labute approximate surface area is 60.0 Å². The highest BCUT2D eigenvalue weighted by Gasteiger charge is 2.34. The molecule has 0 bridgehead atoms. The van der Waals surface area contributed by atoms with E-state index in [9.17, 15) is 12.3 Å². The topological polar surface area (TPSA) is 0 Å². The van der Waals surface area contributed by atoms with Crippen LogP contribution in [0.15, 0.2) is 0 Å². The third-order valence-electron chi connectivity index (χ3n) is 0.579. The SMILES string of the molecule is CC(C)(C)C#C[Si](F)(F)F. The highest BCUT2D eigenvalue weighted by molar-refractivity contribution is 6.67. The van der Waals surface area contributed by atoms with Gasteiger partial charge in [-0.3, -0.25) is 0 Å². The lowest BCUT2D eigenvalue weighted by Crippen LogP contribution is -2.13. The molecule has 0 saturated heterocycles. The van der Waals surface area contributed by atoms with Crippen molar-refractivity contribution in [1.82, 2.24) is 0 Å². The van der Waals surface area contributed by atoms with Gasteiger partial charge in [0.1, 0.15) is 0 Å². The fourth-order valence-corrected chi connectivity index (χ4v) is 0.775. The average molecular weight is 166 g/mol. The van der Waals surface area contributed by atoms with Gasteiger partial charge < -0.3 is 0 Å². The Morgan fingerprint density at radius 1 is 1.10 bits per heavy atom. The molecule has 0 fully saturated rings. The summed E-state index contributed by atoms with van der Waals surface area (Å²) in [4.78, 5) is 0. The monoisotopic (exact) mass is 166 g/mol. The van der Waals surface area contributed by atoms with Crippen molar-refractivity contribution in [2.75, 3.05) is 0 Å². The van der Waals surface area contributed by atoms with Crippen LogP contribution in [-0.4, -0.2) is 9.08 Å². The predicted molar refractivity (Wildman–Crippen MR) is 36.3 cm³/mol. The van der Waals surface area contributed by atoms with Crippen LogP contribution in [0.25, 0.3) is 0 Å². The standard InChI is InChI=1S/C6H9F3Si/c1-6(2,3)4-5-10(7,8)9/h1-3H3. The molecule has 0 rings (SSSR count). The second kappa shape index (κ2) is 2.66. The van der Waals surface area contributed by atoms with Gasteiger partial charge in [-0.05, 0) is 26.3 Å². The van der Waals surface area contributed by atoms with Crippen molar-refractivity contribution in [3.63, 3.8) is 0 Å². The van der Waals surface area contributed by atoms with Gasteiger partial charge in [-0.1, -0.05) is 5.92 Å². The molecule has 0 aromatic heterocycles. The zero-order valence-electron chi connectivity index (χ0n) is 6.13. The van der Waals surface area contributed by atoms with Crippen molar-refractivity contribution in [1.29, 1.82) is 0 Å². The first-order valence-electron chi connectivity index (χ1n) is 2.82. The normalized spacial score (nSPS) is 12.2. The molecule has 0 heterocycles. The summed E-state index contributed by atoms with van der Waals surface area (Å²) in [6, 6.07) is 0. The molecule has 0 aliphatic carbocycles. The molecule has 0 spiro atoms. The van der Waals surface area contributed by atoms with Crippen LogP contribution in [0.1, 0.15) is 20.8 Å². The quantitative estimate of drug-likeness (QED) is 0.294. The van der Waals surface area contributed by atoms with Gasteiger partial charge in [-0.15, -0.1) is 0 Å². The van der Waals surface area contributed by atoms with Crippen molar-refractivity contribution in [3.8, 4) is 11.5 Å². The molecule has 4 heteroatoms. The summed E-state index contributed by atoms with van der Waals surface area (Å²) < 4.78 is 34.7. The first-order valence-corrected chi connectivity index (χ1v) is 4.45. The minimum Gasteiger partial charge on any atom is -0.228 e. The Bertz CT molecular complexity index is 146. The van der Waals surface area contributed by atoms with Gasteiger partial charge in [0.05, 0.1) is 0 Å². The van der Waals surface area contributed by atoms with Gasteiger partial charge in [0.2, 0.25) is 0 Å². The van der Waals surface area contributed by atoms with E-state index < -0.39 is 14.5 Å². The first kappa shape index (κ1) is 9.57. The van der Waals surface area contributed by atoms with Crippen LogP contribution in [0.5, 0.6) is 0 Å². The van der Waals surface area contributed by atoms with Crippen molar-refractivity contribution in [2.45, 2.75) is 20.8 Å². The molecule has 0 aromatic rings. The molecule has 0 amide bonds. The van der Waals surface area contributed by atoms with Gasteiger partial charge >= 0.3 is 9.08 Å². The summed E-state index contributed by atoms with van der Waals surface area (Å²) in [7, 11) is -5.63. The molecule has 0 aliphatic heterocycles. The largest absolute Gasteiger partial charge is 0.709 e. The second-order valence-corrected chi connectivity index (χ2v) is 4.24. The van der Waals surface area contributed by atoms with E-state index in [-0.39, 0.29) is 0 Å². The highest BCUT2D eigenvalue weighted by atomic mass is 28.5. The Balaban J connectivity index is 4.19. The zero-order valence-corrected chi connectivity index (χ0v) is 7.13. The van der Waals surface area contributed by atoms with Crippen LogP contribution < -0.4 is 0 Å². The summed E-state index contributed by atoms with van der Waals surface area (Å²) in [6.45, 7) is 4.96. The lowest BCUT2D eigenvalue weighted by atomic mass is 9.99. The predicted octanol–water partition coefficient (Wildman–Crippen LogP) is 2.42. The maximum absolute atomic E-state index is 11.6. The Morgan fingerprint density at radius 3 is 1.60 bits per heavy atom. The molecule has 0 nitrogen and oxygen atoms in total. The van der Waals surface area contributed by atoms with E-state index >= 15 is 0 Å². The van der Waals surface area contributed by atoms with Crippen LogP contribution in [0, 0.1) is 16.9 Å². The lowest BCUT2D eigenvalue weighted by molar-refractivity contribution is 0.501. The van der Waals surface area contributed by atoms with Crippen LogP contribution in [0.4, 0.5) is 12.3 Å². The number of hydrogen-bond acceptors (Lipinski definition) is 0. The van der Waals surface area contributed by atoms with E-state index in [4.69, 9.17) is 0 Å². The number of rotatable bonds is 0. The lowest BCUT2D eigenvalue weighted by Gasteiger charge is -2.06. The fourth-order valence-electron chi connectivity index (χ4n) is 0.258. The van der Waals surface area contributed by atoms with E-state index in [0.717, 1.165) is 0 Å². The van der Waals surface area contributed by atoms with E-state index in [1.165, 1.54) is 5.54 Å². The van der Waals surface area contributed by atoms with Gasteiger partial charge in [0.15, 0.2) is 0 Å². The fraction of sp³-hybridized carbons (Fsp3) is 0.667. The van der Waals surface area contributed by atoms with E-state index in [1.54, 1.807) is 20.8 Å². The van der Waals surface area contributed by atoms with Crippen molar-refractivity contribution in [3.05, 3.63) is 0 Å². The molecule has 0 aromatic carbocycles. The molecule has 0 atom stereocenters.